The second-order valence-electron chi connectivity index (χ2n) is 4.13. The van der Waals surface area contributed by atoms with Crippen molar-refractivity contribution in [3.05, 3.63) is 66.2 Å². The topological polar surface area (TPSA) is 46.5 Å². The Morgan fingerprint density at radius 2 is 1.48 bits per heavy atom. The van der Waals surface area contributed by atoms with Crippen molar-refractivity contribution in [3.63, 3.8) is 0 Å². The van der Waals surface area contributed by atoms with Crippen molar-refractivity contribution in [1.82, 2.24) is 0 Å². The number of carboxylic acid groups (broad SMARTS) is 1. The van der Waals surface area contributed by atoms with Crippen LogP contribution in [0.25, 0.3) is 0 Å². The number of ether oxygens (including phenoxy) is 1. The van der Waals surface area contributed by atoms with Gasteiger partial charge in [-0.05, 0) is 31.0 Å². The summed E-state index contributed by atoms with van der Waals surface area (Å²) in [5.74, 6) is 0.0606. The van der Waals surface area contributed by atoms with Crippen molar-refractivity contribution in [3.8, 4) is 5.75 Å². The summed E-state index contributed by atoms with van der Waals surface area (Å²) >= 11 is 0. The molecule has 114 valence electrons. The highest BCUT2D eigenvalue weighted by Crippen LogP contribution is 2.13. The van der Waals surface area contributed by atoms with Crippen molar-refractivity contribution >= 4 is 5.97 Å². The lowest BCUT2D eigenvalue weighted by Crippen LogP contribution is -1.97. The number of rotatable bonds is 5. The van der Waals surface area contributed by atoms with E-state index in [2.05, 4.69) is 0 Å². The molecule has 0 aliphatic carbocycles. The number of aryl methyl sites for hydroxylation is 1. The smallest absolute Gasteiger partial charge is 0.303 e. The minimum Gasteiger partial charge on any atom is -0.494 e. The Balaban J connectivity index is 0.000000480. The molecule has 2 aromatic carbocycles. The molecule has 2 aromatic rings. The predicted molar refractivity (Wildman–Crippen MR) is 82.5 cm³/mol. The van der Waals surface area contributed by atoms with Crippen LogP contribution >= 0.6 is 0 Å². The Kier molecular flexibility index (Phi) is 10.2. The summed E-state index contributed by atoms with van der Waals surface area (Å²) in [5, 5.41) is 8.49. The van der Waals surface area contributed by atoms with Gasteiger partial charge in [0.1, 0.15) is 5.75 Å². The van der Waals surface area contributed by atoms with Gasteiger partial charge in [0.2, 0.25) is 0 Å². The summed E-state index contributed by atoms with van der Waals surface area (Å²) in [5.41, 5.74) is 1.02. The number of halogens is 1. The fourth-order valence-electron chi connectivity index (χ4n) is 1.56. The third-order valence-corrected chi connectivity index (χ3v) is 2.53. The van der Waals surface area contributed by atoms with E-state index in [0.29, 0.717) is 13.0 Å². The quantitative estimate of drug-likeness (QED) is 0.908. The van der Waals surface area contributed by atoms with Gasteiger partial charge in [-0.15, -0.1) is 0 Å². The first-order valence-electron chi connectivity index (χ1n) is 6.66. The molecule has 0 aliphatic rings. The summed E-state index contributed by atoms with van der Waals surface area (Å²) in [6.07, 6.45) is 0.746. The maximum Gasteiger partial charge on any atom is 0.303 e. The van der Waals surface area contributed by atoms with Crippen molar-refractivity contribution in [2.45, 2.75) is 19.8 Å². The normalized spacial score (nSPS) is 8.81. The lowest BCUT2D eigenvalue weighted by Gasteiger charge is -2.03. The molecule has 0 saturated carbocycles. The zero-order chi connectivity index (χ0) is 14.6. The standard InChI is InChI=1S/C11H14O3.C6H6.FH/c1-2-14-10-6-3-9(4-7-10)5-8-11(12)13;1-2-4-6-5-3-1;/h3-4,6-7H,2,5,8H2,1H3,(H,12,13);1-6H;1H. The zero-order valence-corrected chi connectivity index (χ0v) is 12.1. The molecule has 0 atom stereocenters. The number of benzene rings is 2. The van der Waals surface area contributed by atoms with Crippen molar-refractivity contribution in [2.75, 3.05) is 6.61 Å². The van der Waals surface area contributed by atoms with Crippen LogP contribution in [0.3, 0.4) is 0 Å². The van der Waals surface area contributed by atoms with Gasteiger partial charge in [-0.2, -0.15) is 0 Å². The van der Waals surface area contributed by atoms with Gasteiger partial charge in [-0.1, -0.05) is 48.5 Å². The molecule has 0 fully saturated rings. The molecule has 0 aliphatic heterocycles. The van der Waals surface area contributed by atoms with E-state index in [1.165, 1.54) is 0 Å². The monoisotopic (exact) mass is 292 g/mol. The molecule has 21 heavy (non-hydrogen) atoms. The molecule has 0 bridgehead atoms. The average molecular weight is 292 g/mol. The fourth-order valence-corrected chi connectivity index (χ4v) is 1.56. The predicted octanol–water partition coefficient (Wildman–Crippen LogP) is 3.94. The molecular formula is C17H21FO3. The summed E-state index contributed by atoms with van der Waals surface area (Å²) in [6, 6.07) is 19.5. The van der Waals surface area contributed by atoms with Crippen LogP contribution in [0.1, 0.15) is 18.9 Å². The SMILES string of the molecule is CCOc1ccc(CCC(=O)O)cc1.F.c1ccccc1. The van der Waals surface area contributed by atoms with E-state index in [1.807, 2.05) is 67.6 Å². The Morgan fingerprint density at radius 3 is 1.86 bits per heavy atom. The molecule has 0 amide bonds. The molecule has 0 unspecified atom stereocenters. The van der Waals surface area contributed by atoms with Gasteiger partial charge in [-0.3, -0.25) is 9.50 Å². The van der Waals surface area contributed by atoms with Gasteiger partial charge in [0.15, 0.2) is 0 Å². The summed E-state index contributed by atoms with van der Waals surface area (Å²) in [6.45, 7) is 2.58. The molecule has 4 heteroatoms. The number of hydrogen-bond acceptors (Lipinski definition) is 2. The van der Waals surface area contributed by atoms with Gasteiger partial charge in [0.25, 0.3) is 0 Å². The van der Waals surface area contributed by atoms with Crippen LogP contribution in [0.2, 0.25) is 0 Å². The average Bonchev–Trinajstić information content (AvgIpc) is 2.49. The second-order valence-corrected chi connectivity index (χ2v) is 4.13. The van der Waals surface area contributed by atoms with Crippen LogP contribution in [0.4, 0.5) is 4.70 Å². The van der Waals surface area contributed by atoms with E-state index in [9.17, 15) is 4.79 Å². The van der Waals surface area contributed by atoms with Crippen LogP contribution in [-0.4, -0.2) is 17.7 Å². The minimum atomic E-state index is -0.765. The number of aliphatic carboxylic acids is 1. The van der Waals surface area contributed by atoms with Crippen molar-refractivity contribution in [1.29, 1.82) is 0 Å². The summed E-state index contributed by atoms with van der Waals surface area (Å²) in [4.78, 5) is 10.3. The molecule has 0 radical (unpaired) electrons. The third kappa shape index (κ3) is 9.21. The van der Waals surface area contributed by atoms with Gasteiger partial charge in [0.05, 0.1) is 6.61 Å². The van der Waals surface area contributed by atoms with Crippen LogP contribution < -0.4 is 4.74 Å². The van der Waals surface area contributed by atoms with Gasteiger partial charge in [-0.25, -0.2) is 0 Å². The highest BCUT2D eigenvalue weighted by molar-refractivity contribution is 5.67. The van der Waals surface area contributed by atoms with E-state index < -0.39 is 5.97 Å². The largest absolute Gasteiger partial charge is 0.494 e. The van der Waals surface area contributed by atoms with Gasteiger partial charge >= 0.3 is 5.97 Å². The van der Waals surface area contributed by atoms with Gasteiger partial charge in [0, 0.05) is 6.42 Å². The Hall–Kier alpha value is -2.36. The minimum absolute atomic E-state index is 0. The van der Waals surface area contributed by atoms with E-state index in [1.54, 1.807) is 0 Å². The highest BCUT2D eigenvalue weighted by Gasteiger charge is 1.99. The second kappa shape index (κ2) is 11.5. The number of carboxylic acids is 1. The molecular weight excluding hydrogens is 271 g/mol. The van der Waals surface area contributed by atoms with E-state index in [-0.39, 0.29) is 11.1 Å². The molecule has 0 aromatic heterocycles. The fraction of sp³-hybridized carbons (Fsp3) is 0.235. The van der Waals surface area contributed by atoms with Crippen molar-refractivity contribution in [2.24, 2.45) is 0 Å². The van der Waals surface area contributed by atoms with Crippen LogP contribution in [0.15, 0.2) is 60.7 Å². The first-order chi connectivity index (χ1) is 9.72. The van der Waals surface area contributed by atoms with Crippen LogP contribution in [-0.2, 0) is 11.2 Å². The highest BCUT2D eigenvalue weighted by atomic mass is 19.0. The van der Waals surface area contributed by atoms with Crippen LogP contribution in [0, 0.1) is 0 Å². The molecule has 2 rings (SSSR count). The molecule has 0 heterocycles. The number of hydrogen-bond donors (Lipinski definition) is 1. The maximum atomic E-state index is 10.3. The first kappa shape index (κ1) is 18.6. The van der Waals surface area contributed by atoms with Crippen molar-refractivity contribution < 1.29 is 19.3 Å². The summed E-state index contributed by atoms with van der Waals surface area (Å²) in [7, 11) is 0. The van der Waals surface area contributed by atoms with E-state index >= 15 is 0 Å². The van der Waals surface area contributed by atoms with E-state index in [4.69, 9.17) is 9.84 Å². The molecule has 0 saturated heterocycles. The third-order valence-electron chi connectivity index (χ3n) is 2.53. The molecule has 0 spiro atoms. The summed E-state index contributed by atoms with van der Waals surface area (Å²) < 4.78 is 5.27. The molecule has 3 nitrogen and oxygen atoms in total. The Labute approximate surface area is 124 Å². The number of carbonyl (C=O) groups is 1. The lowest BCUT2D eigenvalue weighted by molar-refractivity contribution is -0.136. The maximum absolute atomic E-state index is 10.3. The van der Waals surface area contributed by atoms with Crippen LogP contribution in [0.5, 0.6) is 5.75 Å². The van der Waals surface area contributed by atoms with Gasteiger partial charge < -0.3 is 9.84 Å². The Morgan fingerprint density at radius 1 is 1.00 bits per heavy atom. The first-order valence-corrected chi connectivity index (χ1v) is 6.66. The molecule has 1 N–H and O–H groups in total. The zero-order valence-electron chi connectivity index (χ0n) is 12.1. The van der Waals surface area contributed by atoms with E-state index in [0.717, 1.165) is 11.3 Å². The Bertz CT molecular complexity index is 456. The lowest BCUT2D eigenvalue weighted by atomic mass is 10.1.